The van der Waals surface area contributed by atoms with Gasteiger partial charge in [0.2, 0.25) is 0 Å². The molecule has 0 saturated heterocycles. The van der Waals surface area contributed by atoms with E-state index in [0.717, 1.165) is 11.8 Å². The van der Waals surface area contributed by atoms with Crippen LogP contribution in [0.2, 0.25) is 0 Å². The highest BCUT2D eigenvalue weighted by molar-refractivity contribution is 7.90. The Morgan fingerprint density at radius 2 is 2.10 bits per heavy atom. The van der Waals surface area contributed by atoms with Crippen LogP contribution in [-0.4, -0.2) is 39.5 Å². The van der Waals surface area contributed by atoms with E-state index in [1.807, 2.05) is 6.92 Å². The minimum absolute atomic E-state index is 0.0788. The number of rotatable bonds is 7. The molecule has 5 nitrogen and oxygen atoms in total. The van der Waals surface area contributed by atoms with E-state index in [-0.39, 0.29) is 18.2 Å². The number of hydrogen-bond donors (Lipinski definition) is 1. The van der Waals surface area contributed by atoms with Gasteiger partial charge in [-0.05, 0) is 30.7 Å². The minimum atomic E-state index is -3.08. The first-order valence-electron chi connectivity index (χ1n) is 6.11. The number of carbonyl (C=O) groups excluding carboxylic acids is 1. The van der Waals surface area contributed by atoms with Crippen LogP contribution in [0.5, 0.6) is 5.75 Å². The fourth-order valence-corrected chi connectivity index (χ4v) is 1.86. The monoisotopic (exact) mass is 297 g/mol. The van der Waals surface area contributed by atoms with Gasteiger partial charge in [-0.1, -0.05) is 12.6 Å². The predicted molar refractivity (Wildman–Crippen MR) is 78.8 cm³/mol. The van der Waals surface area contributed by atoms with E-state index in [0.29, 0.717) is 17.9 Å². The zero-order valence-corrected chi connectivity index (χ0v) is 12.5. The number of carbonyl (C=O) groups is 1. The maximum Gasteiger partial charge on any atom is 0.251 e. The molecule has 1 rings (SSSR count). The molecule has 0 bridgehead atoms. The molecule has 0 aliphatic carbocycles. The van der Waals surface area contributed by atoms with Gasteiger partial charge in [0, 0.05) is 18.4 Å². The number of ether oxygens (including phenoxy) is 1. The van der Waals surface area contributed by atoms with Gasteiger partial charge in [-0.15, -0.1) is 0 Å². The quantitative estimate of drug-likeness (QED) is 0.773. The topological polar surface area (TPSA) is 72.5 Å². The summed E-state index contributed by atoms with van der Waals surface area (Å²) in [5, 5.41) is 2.56. The Morgan fingerprint density at radius 3 is 2.70 bits per heavy atom. The summed E-state index contributed by atoms with van der Waals surface area (Å²) in [5.74, 6) is 0.170. The average molecular weight is 297 g/mol. The molecule has 0 unspecified atom stereocenters. The lowest BCUT2D eigenvalue weighted by Crippen LogP contribution is -2.28. The van der Waals surface area contributed by atoms with Crippen LogP contribution in [0, 0.1) is 0 Å². The molecule has 0 atom stereocenters. The minimum Gasteiger partial charge on any atom is -0.489 e. The van der Waals surface area contributed by atoms with E-state index in [2.05, 4.69) is 11.9 Å². The Balaban J connectivity index is 2.59. The van der Waals surface area contributed by atoms with Crippen molar-refractivity contribution < 1.29 is 17.9 Å². The number of nitrogens with one attached hydrogen (secondary N) is 1. The molecule has 0 aliphatic heterocycles. The van der Waals surface area contributed by atoms with E-state index in [1.54, 1.807) is 24.3 Å². The first-order chi connectivity index (χ1) is 9.28. The van der Waals surface area contributed by atoms with E-state index in [9.17, 15) is 13.2 Å². The molecular formula is C14H19NO4S. The van der Waals surface area contributed by atoms with E-state index in [1.165, 1.54) is 0 Å². The number of benzene rings is 1. The van der Waals surface area contributed by atoms with Crippen LogP contribution in [-0.2, 0) is 9.84 Å². The summed E-state index contributed by atoms with van der Waals surface area (Å²) in [4.78, 5) is 11.8. The first kappa shape index (κ1) is 16.2. The zero-order chi connectivity index (χ0) is 15.2. The zero-order valence-electron chi connectivity index (χ0n) is 11.7. The Kier molecular flexibility index (Phi) is 5.76. The SMILES string of the molecule is C=C(C)COc1cccc(C(=O)NCCS(C)(=O)=O)c1. The summed E-state index contributed by atoms with van der Waals surface area (Å²) >= 11 is 0. The summed E-state index contributed by atoms with van der Waals surface area (Å²) < 4.78 is 27.4. The molecular weight excluding hydrogens is 278 g/mol. The van der Waals surface area contributed by atoms with Crippen molar-refractivity contribution in [3.8, 4) is 5.75 Å². The standard InChI is InChI=1S/C14H19NO4S/c1-11(2)10-19-13-6-4-5-12(9-13)14(16)15-7-8-20(3,17)18/h4-6,9H,1,7-8,10H2,2-3H3,(H,15,16). The third kappa shape index (κ3) is 6.38. The van der Waals surface area contributed by atoms with E-state index >= 15 is 0 Å². The Morgan fingerprint density at radius 1 is 1.40 bits per heavy atom. The molecule has 110 valence electrons. The molecule has 0 fully saturated rings. The maximum atomic E-state index is 11.8. The summed E-state index contributed by atoms with van der Waals surface area (Å²) in [6.45, 7) is 6.06. The van der Waals surface area contributed by atoms with Crippen molar-refractivity contribution >= 4 is 15.7 Å². The van der Waals surface area contributed by atoms with Gasteiger partial charge in [-0.25, -0.2) is 8.42 Å². The number of amides is 1. The summed E-state index contributed by atoms with van der Waals surface area (Å²) in [5.41, 5.74) is 1.31. The van der Waals surface area contributed by atoms with Gasteiger partial charge in [-0.2, -0.15) is 0 Å². The number of hydrogen-bond acceptors (Lipinski definition) is 4. The molecule has 1 N–H and O–H groups in total. The van der Waals surface area contributed by atoms with Crippen LogP contribution in [0.15, 0.2) is 36.4 Å². The molecule has 0 aromatic heterocycles. The van der Waals surface area contributed by atoms with Crippen molar-refractivity contribution in [3.05, 3.63) is 42.0 Å². The fourth-order valence-electron chi connectivity index (χ4n) is 1.39. The van der Waals surface area contributed by atoms with Crippen LogP contribution in [0.25, 0.3) is 0 Å². The van der Waals surface area contributed by atoms with Gasteiger partial charge in [0.1, 0.15) is 22.2 Å². The van der Waals surface area contributed by atoms with Crippen LogP contribution in [0.3, 0.4) is 0 Å². The van der Waals surface area contributed by atoms with Crippen molar-refractivity contribution in [1.29, 1.82) is 0 Å². The second-order valence-electron chi connectivity index (χ2n) is 4.66. The first-order valence-corrected chi connectivity index (χ1v) is 8.17. The predicted octanol–water partition coefficient (Wildman–Crippen LogP) is 1.42. The largest absolute Gasteiger partial charge is 0.489 e. The lowest BCUT2D eigenvalue weighted by atomic mass is 10.2. The van der Waals surface area contributed by atoms with Gasteiger partial charge in [-0.3, -0.25) is 4.79 Å². The van der Waals surface area contributed by atoms with Gasteiger partial charge in [0.15, 0.2) is 0 Å². The summed E-state index contributed by atoms with van der Waals surface area (Å²) in [7, 11) is -3.08. The number of sulfone groups is 1. The Labute approximate surface area is 119 Å². The summed E-state index contributed by atoms with van der Waals surface area (Å²) in [6.07, 6.45) is 1.13. The van der Waals surface area contributed by atoms with Crippen molar-refractivity contribution in [2.75, 3.05) is 25.2 Å². The van der Waals surface area contributed by atoms with Gasteiger partial charge >= 0.3 is 0 Å². The smallest absolute Gasteiger partial charge is 0.251 e. The van der Waals surface area contributed by atoms with Crippen molar-refractivity contribution in [2.24, 2.45) is 0 Å². The third-order valence-electron chi connectivity index (χ3n) is 2.34. The molecule has 0 radical (unpaired) electrons. The van der Waals surface area contributed by atoms with Gasteiger partial charge in [0.25, 0.3) is 5.91 Å². The molecule has 1 amide bonds. The van der Waals surface area contributed by atoms with Crippen LogP contribution in [0.4, 0.5) is 0 Å². The Bertz CT molecular complexity index is 593. The highest BCUT2D eigenvalue weighted by Gasteiger charge is 2.08. The lowest BCUT2D eigenvalue weighted by Gasteiger charge is -2.08. The van der Waals surface area contributed by atoms with Crippen molar-refractivity contribution in [2.45, 2.75) is 6.92 Å². The van der Waals surface area contributed by atoms with Crippen molar-refractivity contribution in [3.63, 3.8) is 0 Å². The maximum absolute atomic E-state index is 11.8. The van der Waals surface area contributed by atoms with Gasteiger partial charge in [0.05, 0.1) is 5.75 Å². The van der Waals surface area contributed by atoms with Crippen molar-refractivity contribution in [1.82, 2.24) is 5.32 Å². The fraction of sp³-hybridized carbons (Fsp3) is 0.357. The van der Waals surface area contributed by atoms with Crippen LogP contribution >= 0.6 is 0 Å². The van der Waals surface area contributed by atoms with Crippen LogP contribution < -0.4 is 10.1 Å². The average Bonchev–Trinajstić information content (AvgIpc) is 2.35. The highest BCUT2D eigenvalue weighted by atomic mass is 32.2. The molecule has 1 aromatic rings. The van der Waals surface area contributed by atoms with Gasteiger partial charge < -0.3 is 10.1 Å². The van der Waals surface area contributed by atoms with E-state index < -0.39 is 9.84 Å². The molecule has 0 spiro atoms. The summed E-state index contributed by atoms with van der Waals surface area (Å²) in [6, 6.07) is 6.71. The second-order valence-corrected chi connectivity index (χ2v) is 6.92. The Hall–Kier alpha value is -1.82. The second kappa shape index (κ2) is 7.09. The third-order valence-corrected chi connectivity index (χ3v) is 3.29. The van der Waals surface area contributed by atoms with E-state index in [4.69, 9.17) is 4.74 Å². The molecule has 20 heavy (non-hydrogen) atoms. The molecule has 0 heterocycles. The highest BCUT2D eigenvalue weighted by Crippen LogP contribution is 2.14. The molecule has 6 heteroatoms. The normalized spacial score (nSPS) is 10.9. The van der Waals surface area contributed by atoms with Crippen LogP contribution in [0.1, 0.15) is 17.3 Å². The lowest BCUT2D eigenvalue weighted by molar-refractivity contribution is 0.0955. The molecule has 0 aliphatic rings. The molecule has 1 aromatic carbocycles. The molecule has 0 saturated carbocycles.